The van der Waals surface area contributed by atoms with Gasteiger partial charge in [-0.05, 0) is 75.2 Å². The van der Waals surface area contributed by atoms with E-state index in [1.807, 2.05) is 0 Å². The third-order valence-electron chi connectivity index (χ3n) is 7.40. The molecule has 2 aromatic heterocycles. The van der Waals surface area contributed by atoms with Gasteiger partial charge in [0, 0.05) is 17.2 Å². The maximum Gasteiger partial charge on any atom is 0.280 e. The first-order chi connectivity index (χ1) is 13.5. The van der Waals surface area contributed by atoms with E-state index in [-0.39, 0.29) is 28.7 Å². The SMILES string of the molecule is O=C(NC12CC3CC(CC(C3)C1)C2)c1cnn2c(C(F)F)cc(C3CC3)nc12. The van der Waals surface area contributed by atoms with Crippen molar-refractivity contribution in [3.8, 4) is 0 Å². The zero-order chi connectivity index (χ0) is 19.0. The predicted molar refractivity (Wildman–Crippen MR) is 98.3 cm³/mol. The van der Waals surface area contributed by atoms with Gasteiger partial charge in [-0.1, -0.05) is 0 Å². The normalized spacial score (nSPS) is 33.8. The molecule has 0 unspecified atom stereocenters. The molecule has 7 rings (SSSR count). The lowest BCUT2D eigenvalue weighted by Gasteiger charge is -2.56. The highest BCUT2D eigenvalue weighted by Crippen LogP contribution is 2.55. The molecule has 2 aromatic rings. The number of nitrogens with zero attached hydrogens (tertiary/aromatic N) is 3. The van der Waals surface area contributed by atoms with Crippen molar-refractivity contribution in [2.45, 2.75) is 69.2 Å². The van der Waals surface area contributed by atoms with Crippen LogP contribution in [-0.4, -0.2) is 26.0 Å². The fourth-order valence-electron chi connectivity index (χ4n) is 6.48. The molecule has 5 aliphatic rings. The molecule has 0 aliphatic heterocycles. The van der Waals surface area contributed by atoms with Crippen LogP contribution >= 0.6 is 0 Å². The number of fused-ring (bicyclic) bond motifs is 1. The van der Waals surface area contributed by atoms with Gasteiger partial charge in [0.25, 0.3) is 12.3 Å². The molecule has 0 atom stereocenters. The topological polar surface area (TPSA) is 59.3 Å². The van der Waals surface area contributed by atoms with E-state index >= 15 is 0 Å². The van der Waals surface area contributed by atoms with Crippen molar-refractivity contribution in [2.75, 3.05) is 0 Å². The number of alkyl halides is 2. The smallest absolute Gasteiger partial charge is 0.280 e. The van der Waals surface area contributed by atoms with Crippen LogP contribution in [0.2, 0.25) is 0 Å². The Labute approximate surface area is 161 Å². The minimum Gasteiger partial charge on any atom is -0.346 e. The molecule has 0 saturated heterocycles. The minimum atomic E-state index is -2.65. The lowest BCUT2D eigenvalue weighted by molar-refractivity contribution is -0.0166. The summed E-state index contributed by atoms with van der Waals surface area (Å²) in [5.41, 5.74) is 0.940. The highest BCUT2D eigenvalue weighted by molar-refractivity contribution is 6.00. The van der Waals surface area contributed by atoms with Gasteiger partial charge in [0.05, 0.1) is 6.20 Å². The van der Waals surface area contributed by atoms with Crippen molar-refractivity contribution >= 4 is 11.6 Å². The molecule has 0 aromatic carbocycles. The Balaban J connectivity index is 1.36. The highest BCUT2D eigenvalue weighted by atomic mass is 19.3. The summed E-state index contributed by atoms with van der Waals surface area (Å²) < 4.78 is 28.3. The number of carbonyl (C=O) groups is 1. The van der Waals surface area contributed by atoms with Gasteiger partial charge in [-0.25, -0.2) is 18.3 Å². The monoisotopic (exact) mass is 386 g/mol. The number of aromatic nitrogens is 3. The van der Waals surface area contributed by atoms with Crippen molar-refractivity contribution in [1.29, 1.82) is 0 Å². The van der Waals surface area contributed by atoms with Crippen LogP contribution in [0.5, 0.6) is 0 Å². The van der Waals surface area contributed by atoms with E-state index in [2.05, 4.69) is 15.4 Å². The van der Waals surface area contributed by atoms with Gasteiger partial charge >= 0.3 is 0 Å². The van der Waals surface area contributed by atoms with Crippen LogP contribution in [0.3, 0.4) is 0 Å². The number of hydrogen-bond acceptors (Lipinski definition) is 3. The fraction of sp³-hybridized carbons (Fsp3) is 0.667. The summed E-state index contributed by atoms with van der Waals surface area (Å²) in [7, 11) is 0. The second-order valence-corrected chi connectivity index (χ2v) is 9.63. The average Bonchev–Trinajstić information content (AvgIpc) is 3.38. The van der Waals surface area contributed by atoms with Crippen molar-refractivity contribution in [2.24, 2.45) is 17.8 Å². The van der Waals surface area contributed by atoms with Gasteiger partial charge in [-0.15, -0.1) is 0 Å². The standard InChI is InChI=1S/C21H24F2N4O/c22-18(23)17-6-16(14-1-2-14)25-19-15(10-24-27(17)19)20(28)26-21-7-11-3-12(8-21)5-13(4-11)9-21/h6,10-14,18H,1-5,7-9H2,(H,26,28). The Morgan fingerprint density at radius 2 is 1.79 bits per heavy atom. The van der Waals surface area contributed by atoms with Gasteiger partial charge < -0.3 is 5.32 Å². The first-order valence-electron chi connectivity index (χ1n) is 10.5. The largest absolute Gasteiger partial charge is 0.346 e. The molecule has 5 aliphatic carbocycles. The van der Waals surface area contributed by atoms with Crippen molar-refractivity contribution in [3.05, 3.63) is 29.2 Å². The van der Waals surface area contributed by atoms with Gasteiger partial charge in [-0.3, -0.25) is 4.79 Å². The van der Waals surface area contributed by atoms with Crippen LogP contribution in [-0.2, 0) is 0 Å². The summed E-state index contributed by atoms with van der Waals surface area (Å²) in [6.45, 7) is 0. The molecular weight excluding hydrogens is 362 g/mol. The van der Waals surface area contributed by atoms with E-state index in [0.29, 0.717) is 11.3 Å². The van der Waals surface area contributed by atoms with E-state index in [4.69, 9.17) is 0 Å². The summed E-state index contributed by atoms with van der Waals surface area (Å²) in [6.07, 6.45) is 7.74. The number of rotatable bonds is 4. The molecule has 2 heterocycles. The second kappa shape index (κ2) is 5.74. The molecule has 4 bridgehead atoms. The molecule has 1 N–H and O–H groups in total. The Morgan fingerprint density at radius 1 is 1.14 bits per heavy atom. The molecule has 5 saturated carbocycles. The Hall–Kier alpha value is -2.05. The molecule has 5 fully saturated rings. The minimum absolute atomic E-state index is 0.125. The fourth-order valence-corrected chi connectivity index (χ4v) is 6.48. The van der Waals surface area contributed by atoms with Crippen LogP contribution in [0.25, 0.3) is 5.65 Å². The molecule has 1 amide bonds. The Bertz CT molecular complexity index is 929. The maximum absolute atomic E-state index is 13.6. The van der Waals surface area contributed by atoms with Crippen LogP contribution in [0.15, 0.2) is 12.3 Å². The summed E-state index contributed by atoms with van der Waals surface area (Å²) >= 11 is 0. The molecular formula is C21H24F2N4O. The number of amides is 1. The van der Waals surface area contributed by atoms with Crippen LogP contribution in [0, 0.1) is 17.8 Å². The molecule has 7 heteroatoms. The van der Waals surface area contributed by atoms with E-state index < -0.39 is 6.43 Å². The van der Waals surface area contributed by atoms with Crippen molar-refractivity contribution in [1.82, 2.24) is 19.9 Å². The quantitative estimate of drug-likeness (QED) is 0.855. The number of carbonyl (C=O) groups excluding carboxylic acids is 1. The molecule has 0 radical (unpaired) electrons. The zero-order valence-electron chi connectivity index (χ0n) is 15.7. The first kappa shape index (κ1) is 16.9. The zero-order valence-corrected chi connectivity index (χ0v) is 15.7. The van der Waals surface area contributed by atoms with E-state index in [1.165, 1.54) is 31.5 Å². The third-order valence-corrected chi connectivity index (χ3v) is 7.40. The molecule has 0 spiro atoms. The van der Waals surface area contributed by atoms with Crippen LogP contribution < -0.4 is 5.32 Å². The average molecular weight is 386 g/mol. The number of halogens is 2. The van der Waals surface area contributed by atoms with E-state index in [0.717, 1.165) is 54.4 Å². The van der Waals surface area contributed by atoms with Crippen molar-refractivity contribution < 1.29 is 13.6 Å². The molecule has 5 nitrogen and oxygen atoms in total. The van der Waals surface area contributed by atoms with Gasteiger partial charge in [-0.2, -0.15) is 5.10 Å². The summed E-state index contributed by atoms with van der Waals surface area (Å²) in [5.74, 6) is 2.19. The molecule has 28 heavy (non-hydrogen) atoms. The second-order valence-electron chi connectivity index (χ2n) is 9.63. The van der Waals surface area contributed by atoms with Crippen LogP contribution in [0.1, 0.15) is 85.5 Å². The predicted octanol–water partition coefficient (Wildman–Crippen LogP) is 4.24. The lowest BCUT2D eigenvalue weighted by Crippen LogP contribution is -2.59. The van der Waals surface area contributed by atoms with Gasteiger partial charge in [0.1, 0.15) is 11.3 Å². The first-order valence-corrected chi connectivity index (χ1v) is 10.5. The third kappa shape index (κ3) is 2.58. The Kier molecular flexibility index (Phi) is 3.45. The number of hydrogen-bond donors (Lipinski definition) is 1. The number of nitrogens with one attached hydrogen (secondary N) is 1. The molecule has 148 valence electrons. The van der Waals surface area contributed by atoms with Gasteiger partial charge in [0.15, 0.2) is 5.65 Å². The van der Waals surface area contributed by atoms with Crippen molar-refractivity contribution in [3.63, 3.8) is 0 Å². The lowest BCUT2D eigenvalue weighted by atomic mass is 9.53. The summed E-state index contributed by atoms with van der Waals surface area (Å²) in [5, 5.41) is 7.40. The van der Waals surface area contributed by atoms with E-state index in [1.54, 1.807) is 0 Å². The summed E-state index contributed by atoms with van der Waals surface area (Å²) in [6, 6.07) is 1.45. The van der Waals surface area contributed by atoms with E-state index in [9.17, 15) is 13.6 Å². The summed E-state index contributed by atoms with van der Waals surface area (Å²) in [4.78, 5) is 17.8. The van der Waals surface area contributed by atoms with Gasteiger partial charge in [0.2, 0.25) is 0 Å². The van der Waals surface area contributed by atoms with Crippen LogP contribution in [0.4, 0.5) is 8.78 Å². The highest BCUT2D eigenvalue weighted by Gasteiger charge is 2.51. The maximum atomic E-state index is 13.6. The Morgan fingerprint density at radius 3 is 2.36 bits per heavy atom.